The molecule has 3 rings (SSSR count). The first-order valence-corrected chi connectivity index (χ1v) is 15.0. The highest BCUT2D eigenvalue weighted by Crippen LogP contribution is 2.36. The van der Waals surface area contributed by atoms with E-state index in [4.69, 9.17) is 9.47 Å². The molecule has 1 aliphatic heterocycles. The van der Waals surface area contributed by atoms with Crippen LogP contribution in [0.15, 0.2) is 60.7 Å². The Bertz CT molecular complexity index is 1390. The van der Waals surface area contributed by atoms with E-state index in [9.17, 15) is 29.1 Å². The Morgan fingerprint density at radius 1 is 1.05 bits per heavy atom. The van der Waals surface area contributed by atoms with E-state index in [1.165, 1.54) is 0 Å². The maximum Gasteiger partial charge on any atom is 0.417 e. The highest BCUT2D eigenvalue weighted by molar-refractivity contribution is 6.25. The zero-order valence-corrected chi connectivity index (χ0v) is 26.4. The second kappa shape index (κ2) is 15.1. The Hall–Kier alpha value is -4.11. The molecule has 1 heterocycles. The molecule has 2 aromatic carbocycles. The van der Waals surface area contributed by atoms with Crippen molar-refractivity contribution in [1.82, 2.24) is 4.90 Å². The zero-order chi connectivity index (χ0) is 32.6. The molecule has 0 radical (unpaired) electrons. The van der Waals surface area contributed by atoms with E-state index in [2.05, 4.69) is 0 Å². The highest BCUT2D eigenvalue weighted by Gasteiger charge is 2.54. The van der Waals surface area contributed by atoms with Crippen LogP contribution in [0.4, 0.5) is 4.79 Å². The number of carbonyl (C=O) groups excluding carboxylic acids is 5. The molecule has 1 fully saturated rings. The highest BCUT2D eigenvalue weighted by atomic mass is 16.6. The standard InChI is InChI=1S/C35H43NO8/c1-22(2)32-35(5,6)44-34(42)36(32)33(41)28(20-25-14-8-7-9-15-25)31(43-24(4)38)30(40)21-27(29(39)17-10-11-18-37)26-16-12-13-23(3)19-26/h7-9,12-16,19,21-22,28,31-32,37H,10-11,17-18,20H2,1-6H3/t28-,31-,32-/m1/s1. The van der Waals surface area contributed by atoms with Gasteiger partial charge in [-0.1, -0.05) is 74.0 Å². The molecule has 0 spiro atoms. The van der Waals surface area contributed by atoms with Crippen LogP contribution < -0.4 is 0 Å². The van der Waals surface area contributed by atoms with E-state index >= 15 is 0 Å². The first kappa shape index (κ1) is 34.4. The van der Waals surface area contributed by atoms with Crippen molar-refractivity contribution in [1.29, 1.82) is 0 Å². The van der Waals surface area contributed by atoms with Crippen LogP contribution in [0.1, 0.15) is 70.6 Å². The lowest BCUT2D eigenvalue weighted by Crippen LogP contribution is -2.53. The SMILES string of the molecule is CC(=O)O[C@@H](C(=O)C=C(C(=O)CCCCO)c1cccc(C)c1)[C@@H](Cc1ccccc1)C(=O)N1C(=O)OC(C)(C)[C@H]1C(C)C. The molecular formula is C35H43NO8. The molecular weight excluding hydrogens is 562 g/mol. The maximum absolute atomic E-state index is 14.4. The third-order valence-corrected chi connectivity index (χ3v) is 7.69. The minimum Gasteiger partial charge on any atom is -0.453 e. The molecule has 0 unspecified atom stereocenters. The predicted octanol–water partition coefficient (Wildman–Crippen LogP) is 5.25. The van der Waals surface area contributed by atoms with Gasteiger partial charge in [0.25, 0.3) is 0 Å². The Balaban J connectivity index is 2.15. The number of esters is 1. The maximum atomic E-state index is 14.4. The first-order chi connectivity index (χ1) is 20.8. The number of unbranched alkanes of at least 4 members (excludes halogenated alkanes) is 1. The summed E-state index contributed by atoms with van der Waals surface area (Å²) in [7, 11) is 0. The van der Waals surface area contributed by atoms with E-state index in [1.54, 1.807) is 56.3 Å². The molecule has 1 N–H and O–H groups in total. The fraction of sp³-hybridized carbons (Fsp3) is 0.457. The van der Waals surface area contributed by atoms with E-state index in [1.807, 2.05) is 32.9 Å². The Morgan fingerprint density at radius 2 is 1.73 bits per heavy atom. The molecule has 0 aromatic heterocycles. The number of ether oxygens (including phenoxy) is 2. The van der Waals surface area contributed by atoms with Crippen LogP contribution in [0.3, 0.4) is 0 Å². The van der Waals surface area contributed by atoms with Crippen LogP contribution in [0.25, 0.3) is 5.57 Å². The summed E-state index contributed by atoms with van der Waals surface area (Å²) in [5, 5.41) is 9.20. The van der Waals surface area contributed by atoms with Crippen molar-refractivity contribution < 1.29 is 38.6 Å². The number of rotatable bonds is 14. The van der Waals surface area contributed by atoms with Gasteiger partial charge >= 0.3 is 12.1 Å². The van der Waals surface area contributed by atoms with E-state index in [-0.39, 0.29) is 36.7 Å². The third-order valence-electron chi connectivity index (χ3n) is 7.69. The number of nitrogens with zero attached hydrogens (tertiary/aromatic N) is 1. The van der Waals surface area contributed by atoms with E-state index in [0.717, 1.165) is 23.5 Å². The number of aryl methyl sites for hydroxylation is 1. The van der Waals surface area contributed by atoms with Crippen molar-refractivity contribution in [3.8, 4) is 0 Å². The Labute approximate surface area is 259 Å². The van der Waals surface area contributed by atoms with Crippen molar-refractivity contribution >= 4 is 35.1 Å². The number of aliphatic hydroxyl groups excluding tert-OH is 1. The van der Waals surface area contributed by atoms with Crippen molar-refractivity contribution in [3.63, 3.8) is 0 Å². The smallest absolute Gasteiger partial charge is 0.417 e. The van der Waals surface area contributed by atoms with Gasteiger partial charge in [0.2, 0.25) is 5.91 Å². The summed E-state index contributed by atoms with van der Waals surface area (Å²) >= 11 is 0. The summed E-state index contributed by atoms with van der Waals surface area (Å²) in [6.07, 6.45) is -0.418. The number of cyclic esters (lactones) is 1. The number of hydrogen-bond donors (Lipinski definition) is 1. The molecule has 1 saturated heterocycles. The van der Waals surface area contributed by atoms with Gasteiger partial charge in [0.1, 0.15) is 5.60 Å². The lowest BCUT2D eigenvalue weighted by Gasteiger charge is -2.34. The van der Waals surface area contributed by atoms with Crippen LogP contribution in [0, 0.1) is 18.8 Å². The molecule has 236 valence electrons. The minimum atomic E-state index is -1.63. The van der Waals surface area contributed by atoms with Gasteiger partial charge in [-0.25, -0.2) is 9.69 Å². The number of allylic oxidation sites excluding steroid dienone is 1. The van der Waals surface area contributed by atoms with E-state index < -0.39 is 47.4 Å². The van der Waals surface area contributed by atoms with Crippen LogP contribution in [0.2, 0.25) is 0 Å². The van der Waals surface area contributed by atoms with Crippen LogP contribution in [-0.4, -0.2) is 63.9 Å². The summed E-state index contributed by atoms with van der Waals surface area (Å²) in [4.78, 5) is 68.5. The largest absolute Gasteiger partial charge is 0.453 e. The number of carbonyl (C=O) groups is 5. The number of Topliss-reactive ketones (excluding diaryl/α,β-unsaturated/α-hetero) is 1. The van der Waals surface area contributed by atoms with Gasteiger partial charge in [0, 0.05) is 25.5 Å². The fourth-order valence-electron chi connectivity index (χ4n) is 5.87. The number of imide groups is 1. The van der Waals surface area contributed by atoms with Crippen molar-refractivity contribution in [2.45, 2.75) is 85.0 Å². The van der Waals surface area contributed by atoms with Crippen molar-refractivity contribution in [3.05, 3.63) is 77.4 Å². The van der Waals surface area contributed by atoms with Crippen molar-refractivity contribution in [2.24, 2.45) is 11.8 Å². The molecule has 2 amide bonds. The number of aliphatic hydroxyl groups is 1. The zero-order valence-electron chi connectivity index (χ0n) is 26.4. The summed E-state index contributed by atoms with van der Waals surface area (Å²) < 4.78 is 11.2. The minimum absolute atomic E-state index is 0.0174. The molecule has 0 aliphatic carbocycles. The summed E-state index contributed by atoms with van der Waals surface area (Å²) in [5.74, 6) is -4.05. The van der Waals surface area contributed by atoms with Crippen LogP contribution in [0.5, 0.6) is 0 Å². The van der Waals surface area contributed by atoms with Gasteiger partial charge in [0.15, 0.2) is 17.7 Å². The monoisotopic (exact) mass is 605 g/mol. The first-order valence-electron chi connectivity index (χ1n) is 15.0. The number of amides is 2. The number of hydrogen-bond acceptors (Lipinski definition) is 8. The quantitative estimate of drug-likeness (QED) is 0.176. The second-order valence-electron chi connectivity index (χ2n) is 12.1. The Morgan fingerprint density at radius 3 is 2.32 bits per heavy atom. The molecule has 2 aromatic rings. The van der Waals surface area contributed by atoms with Gasteiger partial charge < -0.3 is 14.6 Å². The van der Waals surface area contributed by atoms with Crippen molar-refractivity contribution in [2.75, 3.05) is 6.61 Å². The molecule has 9 heteroatoms. The topological polar surface area (TPSA) is 127 Å². The number of benzene rings is 2. The third kappa shape index (κ3) is 8.50. The summed E-state index contributed by atoms with van der Waals surface area (Å²) in [6.45, 7) is 10.1. The van der Waals surface area contributed by atoms with E-state index in [0.29, 0.717) is 24.0 Å². The molecule has 0 bridgehead atoms. The van der Waals surface area contributed by atoms with Gasteiger partial charge in [-0.15, -0.1) is 0 Å². The number of ketones is 2. The molecule has 44 heavy (non-hydrogen) atoms. The van der Waals surface area contributed by atoms with Gasteiger partial charge in [-0.2, -0.15) is 0 Å². The van der Waals surface area contributed by atoms with Gasteiger partial charge in [0.05, 0.1) is 12.0 Å². The van der Waals surface area contributed by atoms with Gasteiger partial charge in [-0.05, 0) is 63.2 Å². The summed E-state index contributed by atoms with van der Waals surface area (Å²) in [5.41, 5.74) is 1.18. The predicted molar refractivity (Wildman–Crippen MR) is 165 cm³/mol. The second-order valence-corrected chi connectivity index (χ2v) is 12.1. The average molecular weight is 606 g/mol. The average Bonchev–Trinajstić information content (AvgIpc) is 3.21. The van der Waals surface area contributed by atoms with Crippen LogP contribution in [-0.2, 0) is 35.1 Å². The molecule has 1 aliphatic rings. The molecule has 3 atom stereocenters. The normalized spacial score (nSPS) is 17.6. The van der Waals surface area contributed by atoms with Gasteiger partial charge in [-0.3, -0.25) is 19.2 Å². The Kier molecular flexibility index (Phi) is 11.8. The lowest BCUT2D eigenvalue weighted by atomic mass is 9.85. The molecule has 0 saturated carbocycles. The fourth-order valence-corrected chi connectivity index (χ4v) is 5.87. The summed E-state index contributed by atoms with van der Waals surface area (Å²) in [6, 6.07) is 15.4. The van der Waals surface area contributed by atoms with Crippen LogP contribution >= 0.6 is 0 Å². The molecule has 9 nitrogen and oxygen atoms in total. The lowest BCUT2D eigenvalue weighted by molar-refractivity contribution is -0.159.